The highest BCUT2D eigenvalue weighted by Gasteiger charge is 2.20. The van der Waals surface area contributed by atoms with Crippen molar-refractivity contribution in [1.82, 2.24) is 9.55 Å². The average molecular weight is 468 g/mol. The number of carbonyl (C=O) groups excluding carboxylic acids is 1. The van der Waals surface area contributed by atoms with Crippen LogP contribution in [-0.2, 0) is 16.1 Å². The van der Waals surface area contributed by atoms with E-state index in [4.69, 9.17) is 21.1 Å². The molecule has 1 atom stereocenters. The first-order chi connectivity index (χ1) is 15.0. The molecule has 1 aliphatic rings. The highest BCUT2D eigenvalue weighted by molar-refractivity contribution is 7.99. The van der Waals surface area contributed by atoms with Gasteiger partial charge in [0.25, 0.3) is 5.76 Å². The molecule has 1 fully saturated rings. The van der Waals surface area contributed by atoms with Gasteiger partial charge < -0.3 is 19.4 Å². The number of rotatable bonds is 8. The lowest BCUT2D eigenvalue weighted by Gasteiger charge is -2.16. The van der Waals surface area contributed by atoms with Gasteiger partial charge in [0.15, 0.2) is 5.16 Å². The number of nitrogens with zero attached hydrogens (tertiary/aromatic N) is 2. The zero-order valence-corrected chi connectivity index (χ0v) is 18.0. The minimum atomic E-state index is -2.65. The van der Waals surface area contributed by atoms with Gasteiger partial charge in [0, 0.05) is 11.6 Å². The molecule has 10 heteroatoms. The summed E-state index contributed by atoms with van der Waals surface area (Å²) in [6, 6.07) is 11.9. The van der Waals surface area contributed by atoms with E-state index in [9.17, 15) is 13.6 Å². The number of halogens is 3. The molecule has 2 heterocycles. The van der Waals surface area contributed by atoms with Crippen molar-refractivity contribution in [3.8, 4) is 5.75 Å². The molecule has 0 radical (unpaired) electrons. The normalized spacial score (nSPS) is 16.2. The second-order valence-corrected chi connectivity index (χ2v) is 8.38. The number of aromatic nitrogens is 2. The Balaban J connectivity index is 1.52. The SMILES string of the molecule is O=C(Cn1c(SC(F)F)nc2ccccc21)Nc1cc(Cl)ccc1OCC1CCCO1. The monoisotopic (exact) mass is 467 g/mol. The van der Waals surface area contributed by atoms with E-state index in [-0.39, 0.29) is 17.8 Å². The smallest absolute Gasteiger partial charge is 0.291 e. The first-order valence-corrected chi connectivity index (χ1v) is 11.0. The molecular weight excluding hydrogens is 448 g/mol. The molecular formula is C21H20ClF2N3O3S. The van der Waals surface area contributed by atoms with Crippen LogP contribution in [0.25, 0.3) is 11.0 Å². The van der Waals surface area contributed by atoms with Crippen molar-refractivity contribution < 1.29 is 23.0 Å². The Morgan fingerprint density at radius 1 is 1.35 bits per heavy atom. The van der Waals surface area contributed by atoms with E-state index in [1.165, 1.54) is 4.57 Å². The summed E-state index contributed by atoms with van der Waals surface area (Å²) < 4.78 is 38.9. The fourth-order valence-corrected chi connectivity index (χ4v) is 4.17. The number of anilines is 1. The van der Waals surface area contributed by atoms with Crippen molar-refractivity contribution >= 4 is 46.0 Å². The molecule has 1 aromatic heterocycles. The van der Waals surface area contributed by atoms with Crippen LogP contribution >= 0.6 is 23.4 Å². The minimum absolute atomic E-state index is 0.0190. The topological polar surface area (TPSA) is 65.4 Å². The Morgan fingerprint density at radius 2 is 2.19 bits per heavy atom. The van der Waals surface area contributed by atoms with E-state index >= 15 is 0 Å². The number of amides is 1. The number of thioether (sulfide) groups is 1. The molecule has 1 saturated heterocycles. The van der Waals surface area contributed by atoms with E-state index in [1.54, 1.807) is 42.5 Å². The lowest BCUT2D eigenvalue weighted by molar-refractivity contribution is -0.116. The maximum Gasteiger partial charge on any atom is 0.291 e. The molecule has 0 bridgehead atoms. The zero-order chi connectivity index (χ0) is 21.8. The summed E-state index contributed by atoms with van der Waals surface area (Å²) in [6.45, 7) is 0.898. The molecule has 3 aromatic rings. The number of alkyl halides is 2. The van der Waals surface area contributed by atoms with Crippen LogP contribution in [0.15, 0.2) is 47.6 Å². The van der Waals surface area contributed by atoms with Crippen molar-refractivity contribution in [2.24, 2.45) is 0 Å². The molecule has 1 amide bonds. The highest BCUT2D eigenvalue weighted by atomic mass is 35.5. The number of fused-ring (bicyclic) bond motifs is 1. The number of imidazole rings is 1. The molecule has 164 valence electrons. The summed E-state index contributed by atoms with van der Waals surface area (Å²) in [5, 5.41) is 3.28. The van der Waals surface area contributed by atoms with Gasteiger partial charge in [-0.15, -0.1) is 0 Å². The van der Waals surface area contributed by atoms with E-state index in [0.717, 1.165) is 19.4 Å². The van der Waals surface area contributed by atoms with Crippen LogP contribution in [-0.4, -0.2) is 40.5 Å². The van der Waals surface area contributed by atoms with Crippen LogP contribution in [0.5, 0.6) is 5.75 Å². The van der Waals surface area contributed by atoms with Crippen LogP contribution in [0.2, 0.25) is 5.02 Å². The molecule has 1 aliphatic heterocycles. The van der Waals surface area contributed by atoms with Gasteiger partial charge in [-0.3, -0.25) is 4.79 Å². The lowest BCUT2D eigenvalue weighted by atomic mass is 10.2. The van der Waals surface area contributed by atoms with Gasteiger partial charge in [0.05, 0.1) is 22.8 Å². The number of hydrogen-bond acceptors (Lipinski definition) is 5. The molecule has 0 spiro atoms. The molecule has 0 saturated carbocycles. The van der Waals surface area contributed by atoms with Crippen LogP contribution in [0.4, 0.5) is 14.5 Å². The van der Waals surface area contributed by atoms with Crippen molar-refractivity contribution in [1.29, 1.82) is 0 Å². The van der Waals surface area contributed by atoms with E-state index < -0.39 is 11.7 Å². The van der Waals surface area contributed by atoms with Gasteiger partial charge in [0.1, 0.15) is 18.9 Å². The third kappa shape index (κ3) is 5.47. The van der Waals surface area contributed by atoms with Crippen molar-refractivity contribution in [3.63, 3.8) is 0 Å². The number of para-hydroxylation sites is 2. The van der Waals surface area contributed by atoms with E-state index in [0.29, 0.717) is 45.9 Å². The summed E-state index contributed by atoms with van der Waals surface area (Å²) in [4.78, 5) is 17.0. The number of carbonyl (C=O) groups is 1. The Kier molecular flexibility index (Phi) is 6.94. The Hall–Kier alpha value is -2.36. The molecule has 6 nitrogen and oxygen atoms in total. The number of ether oxygens (including phenoxy) is 2. The summed E-state index contributed by atoms with van der Waals surface area (Å²) in [5.74, 6) is -2.60. The lowest BCUT2D eigenvalue weighted by Crippen LogP contribution is -2.21. The molecule has 4 rings (SSSR count). The minimum Gasteiger partial charge on any atom is -0.489 e. The fourth-order valence-electron chi connectivity index (χ4n) is 3.39. The van der Waals surface area contributed by atoms with Crippen LogP contribution < -0.4 is 10.1 Å². The van der Waals surface area contributed by atoms with Crippen LogP contribution in [0, 0.1) is 0 Å². The molecule has 1 N–H and O–H groups in total. The predicted molar refractivity (Wildman–Crippen MR) is 116 cm³/mol. The van der Waals surface area contributed by atoms with Gasteiger partial charge in [-0.05, 0) is 54.9 Å². The largest absolute Gasteiger partial charge is 0.489 e. The summed E-state index contributed by atoms with van der Waals surface area (Å²) in [6.07, 6.45) is 1.94. The molecule has 31 heavy (non-hydrogen) atoms. The molecule has 1 unspecified atom stereocenters. The maximum absolute atomic E-state index is 13.0. The average Bonchev–Trinajstić information content (AvgIpc) is 3.35. The first kappa shape index (κ1) is 21.9. The fraction of sp³-hybridized carbons (Fsp3) is 0.333. The van der Waals surface area contributed by atoms with Gasteiger partial charge in [0.2, 0.25) is 5.91 Å². The first-order valence-electron chi connectivity index (χ1n) is 9.73. The number of hydrogen-bond donors (Lipinski definition) is 1. The highest BCUT2D eigenvalue weighted by Crippen LogP contribution is 2.31. The predicted octanol–water partition coefficient (Wildman–Crippen LogP) is 5.20. The van der Waals surface area contributed by atoms with Gasteiger partial charge in [-0.1, -0.05) is 23.7 Å². The quantitative estimate of drug-likeness (QED) is 0.461. The van der Waals surface area contributed by atoms with Crippen molar-refractivity contribution in [3.05, 3.63) is 47.5 Å². The Bertz CT molecular complexity index is 1070. The van der Waals surface area contributed by atoms with Gasteiger partial charge in [-0.2, -0.15) is 8.78 Å². The summed E-state index contributed by atoms with van der Waals surface area (Å²) in [7, 11) is 0. The second kappa shape index (κ2) is 9.84. The third-order valence-electron chi connectivity index (χ3n) is 4.78. The van der Waals surface area contributed by atoms with Crippen molar-refractivity contribution in [2.75, 3.05) is 18.5 Å². The number of nitrogens with one attached hydrogen (secondary N) is 1. The summed E-state index contributed by atoms with van der Waals surface area (Å²) in [5.41, 5.74) is 1.55. The zero-order valence-electron chi connectivity index (χ0n) is 16.4. The van der Waals surface area contributed by atoms with E-state index in [2.05, 4.69) is 10.3 Å². The standard InChI is InChI=1S/C21H20ClF2N3O3S/c22-13-7-8-18(30-12-14-4-3-9-29-14)16(10-13)25-19(28)11-27-17-6-2-1-5-15(17)26-21(27)31-20(23)24/h1-2,5-8,10,14,20H,3-4,9,11-12H2,(H,25,28). The van der Waals surface area contributed by atoms with Crippen molar-refractivity contribution in [2.45, 2.75) is 36.4 Å². The Labute approximate surface area is 186 Å². The van der Waals surface area contributed by atoms with E-state index in [1.807, 2.05) is 0 Å². The number of benzene rings is 2. The molecule has 0 aliphatic carbocycles. The summed E-state index contributed by atoms with van der Waals surface area (Å²) >= 11 is 6.40. The molecule has 2 aromatic carbocycles. The second-order valence-electron chi connectivity index (χ2n) is 6.98. The maximum atomic E-state index is 13.0. The van der Waals surface area contributed by atoms with Crippen LogP contribution in [0.1, 0.15) is 12.8 Å². The Morgan fingerprint density at radius 3 is 2.97 bits per heavy atom. The van der Waals surface area contributed by atoms with Gasteiger partial charge in [-0.25, -0.2) is 4.98 Å². The van der Waals surface area contributed by atoms with Gasteiger partial charge >= 0.3 is 0 Å². The third-order valence-corrected chi connectivity index (χ3v) is 5.72. The van der Waals surface area contributed by atoms with Crippen LogP contribution in [0.3, 0.4) is 0 Å².